The Balaban J connectivity index is 2.38. The highest BCUT2D eigenvalue weighted by Crippen LogP contribution is 2.29. The molecule has 1 fully saturated rings. The lowest BCUT2D eigenvalue weighted by atomic mass is 10.4. The fourth-order valence-corrected chi connectivity index (χ4v) is 1.03. The molecule has 13 heavy (non-hydrogen) atoms. The summed E-state index contributed by atoms with van der Waals surface area (Å²) in [4.78, 5) is 11.1. The first-order valence-corrected chi connectivity index (χ1v) is 4.26. The third-order valence-corrected chi connectivity index (χ3v) is 1.89. The average Bonchev–Trinajstić information content (AvgIpc) is 2.91. The van der Waals surface area contributed by atoms with Crippen LogP contribution in [0.1, 0.15) is 12.8 Å². The minimum Gasteiger partial charge on any atom is -0.502 e. The molecule has 1 N–H and O–H groups in total. The van der Waals surface area contributed by atoms with Crippen molar-refractivity contribution in [3.05, 3.63) is 34.5 Å². The van der Waals surface area contributed by atoms with E-state index in [2.05, 4.69) is 0 Å². The Morgan fingerprint density at radius 3 is 2.69 bits per heavy atom. The van der Waals surface area contributed by atoms with Gasteiger partial charge >= 0.3 is 0 Å². The highest BCUT2D eigenvalue weighted by atomic mass is 16.5. The summed E-state index contributed by atoms with van der Waals surface area (Å²) in [6, 6.07) is 6.19. The Morgan fingerprint density at radius 2 is 2.00 bits per heavy atom. The van der Waals surface area contributed by atoms with E-state index in [4.69, 9.17) is 4.74 Å². The van der Waals surface area contributed by atoms with Gasteiger partial charge in [-0.05, 0) is 25.0 Å². The monoisotopic (exact) mass is 178 g/mol. The standard InChI is InChI=1S/C10H10O3/c11-8-3-1-2-4-9(10(8)12)13-7-5-6-7/h1-4,7H,5-6H2,(H,11,12). The van der Waals surface area contributed by atoms with E-state index in [1.165, 1.54) is 6.07 Å². The van der Waals surface area contributed by atoms with Crippen LogP contribution in [0.5, 0.6) is 11.5 Å². The predicted octanol–water partition coefficient (Wildman–Crippen LogP) is 1.29. The van der Waals surface area contributed by atoms with Crippen LogP contribution in [-0.2, 0) is 0 Å². The molecule has 0 amide bonds. The highest BCUT2D eigenvalue weighted by molar-refractivity contribution is 5.37. The third-order valence-electron chi connectivity index (χ3n) is 1.89. The van der Waals surface area contributed by atoms with Gasteiger partial charge in [0.05, 0.1) is 6.10 Å². The smallest absolute Gasteiger partial charge is 0.224 e. The molecule has 1 aromatic carbocycles. The maximum Gasteiger partial charge on any atom is 0.224 e. The van der Waals surface area contributed by atoms with Gasteiger partial charge in [-0.15, -0.1) is 0 Å². The van der Waals surface area contributed by atoms with Gasteiger partial charge in [0.2, 0.25) is 11.2 Å². The largest absolute Gasteiger partial charge is 0.502 e. The Hall–Kier alpha value is -1.51. The zero-order valence-corrected chi connectivity index (χ0v) is 7.06. The van der Waals surface area contributed by atoms with Crippen LogP contribution in [0, 0.1) is 0 Å². The first-order valence-electron chi connectivity index (χ1n) is 4.26. The summed E-state index contributed by atoms with van der Waals surface area (Å²) in [6.45, 7) is 0. The van der Waals surface area contributed by atoms with Gasteiger partial charge in [0.25, 0.3) is 0 Å². The van der Waals surface area contributed by atoms with Crippen LogP contribution < -0.4 is 10.2 Å². The molecule has 0 aliphatic heterocycles. The number of hydrogen-bond acceptors (Lipinski definition) is 3. The van der Waals surface area contributed by atoms with Gasteiger partial charge in [-0.25, -0.2) is 0 Å². The van der Waals surface area contributed by atoms with Crippen LogP contribution in [0.15, 0.2) is 29.1 Å². The lowest BCUT2D eigenvalue weighted by Gasteiger charge is -2.01. The average molecular weight is 178 g/mol. The predicted molar refractivity (Wildman–Crippen MR) is 48.0 cm³/mol. The van der Waals surface area contributed by atoms with Crippen LogP contribution in [0.25, 0.3) is 0 Å². The summed E-state index contributed by atoms with van der Waals surface area (Å²) < 4.78 is 5.35. The van der Waals surface area contributed by atoms with E-state index in [0.717, 1.165) is 12.8 Å². The molecule has 0 bridgehead atoms. The van der Waals surface area contributed by atoms with Crippen molar-refractivity contribution in [2.45, 2.75) is 18.9 Å². The van der Waals surface area contributed by atoms with Crippen molar-refractivity contribution < 1.29 is 9.84 Å². The molecule has 0 saturated heterocycles. The van der Waals surface area contributed by atoms with E-state index in [0.29, 0.717) is 0 Å². The SMILES string of the molecule is O=c1ccccc(OC2CC2)c1O. The first kappa shape index (κ1) is 8.10. The van der Waals surface area contributed by atoms with Gasteiger partial charge in [-0.2, -0.15) is 0 Å². The lowest BCUT2D eigenvalue weighted by Crippen LogP contribution is -2.00. The van der Waals surface area contributed by atoms with Gasteiger partial charge in [0, 0.05) is 0 Å². The van der Waals surface area contributed by atoms with Crippen LogP contribution in [-0.4, -0.2) is 11.2 Å². The third kappa shape index (κ3) is 1.80. The minimum atomic E-state index is -0.402. The van der Waals surface area contributed by atoms with Crippen molar-refractivity contribution in [3.63, 3.8) is 0 Å². The Morgan fingerprint density at radius 1 is 1.31 bits per heavy atom. The van der Waals surface area contributed by atoms with Crippen LogP contribution in [0.3, 0.4) is 0 Å². The second-order valence-corrected chi connectivity index (χ2v) is 3.11. The van der Waals surface area contributed by atoms with Gasteiger partial charge < -0.3 is 9.84 Å². The van der Waals surface area contributed by atoms with Crippen LogP contribution >= 0.6 is 0 Å². The van der Waals surface area contributed by atoms with Crippen molar-refractivity contribution in [2.24, 2.45) is 0 Å². The van der Waals surface area contributed by atoms with Crippen molar-refractivity contribution in [2.75, 3.05) is 0 Å². The Bertz CT molecular complexity index is 369. The molecular formula is C10H10O3. The number of hydrogen-bond donors (Lipinski definition) is 1. The van der Waals surface area contributed by atoms with Crippen LogP contribution in [0.4, 0.5) is 0 Å². The van der Waals surface area contributed by atoms with Crippen molar-refractivity contribution in [3.8, 4) is 11.5 Å². The van der Waals surface area contributed by atoms with Gasteiger partial charge in [0.1, 0.15) is 0 Å². The van der Waals surface area contributed by atoms with Gasteiger partial charge in [-0.3, -0.25) is 4.79 Å². The second-order valence-electron chi connectivity index (χ2n) is 3.11. The molecule has 2 rings (SSSR count). The van der Waals surface area contributed by atoms with Crippen molar-refractivity contribution in [1.29, 1.82) is 0 Å². The van der Waals surface area contributed by atoms with Gasteiger partial charge in [-0.1, -0.05) is 12.1 Å². The molecular weight excluding hydrogens is 168 g/mol. The molecule has 0 spiro atoms. The molecule has 1 aliphatic rings. The second kappa shape index (κ2) is 3.09. The number of aromatic hydroxyl groups is 1. The fraction of sp³-hybridized carbons (Fsp3) is 0.300. The zero-order chi connectivity index (χ0) is 9.26. The Kier molecular flexibility index (Phi) is 1.93. The summed E-state index contributed by atoms with van der Waals surface area (Å²) in [5.74, 6) is -0.00519. The molecule has 1 aromatic rings. The zero-order valence-electron chi connectivity index (χ0n) is 7.06. The summed E-state index contributed by atoms with van der Waals surface area (Å²) in [6.07, 6.45) is 2.20. The maximum absolute atomic E-state index is 11.1. The van der Waals surface area contributed by atoms with Crippen LogP contribution in [0.2, 0.25) is 0 Å². The van der Waals surface area contributed by atoms with E-state index in [9.17, 15) is 9.90 Å². The van der Waals surface area contributed by atoms with E-state index in [-0.39, 0.29) is 17.6 Å². The molecule has 3 nitrogen and oxygen atoms in total. The van der Waals surface area contributed by atoms with Crippen molar-refractivity contribution in [1.82, 2.24) is 0 Å². The molecule has 0 atom stereocenters. The normalized spacial score (nSPS) is 15.4. The highest BCUT2D eigenvalue weighted by Gasteiger charge is 2.24. The number of rotatable bonds is 2. The van der Waals surface area contributed by atoms with E-state index in [1.54, 1.807) is 18.2 Å². The molecule has 0 aromatic heterocycles. The summed E-state index contributed by atoms with van der Waals surface area (Å²) in [7, 11) is 0. The minimum absolute atomic E-state index is 0.188. The quantitative estimate of drug-likeness (QED) is 0.742. The van der Waals surface area contributed by atoms with E-state index >= 15 is 0 Å². The summed E-state index contributed by atoms with van der Waals surface area (Å²) in [5.41, 5.74) is -0.402. The maximum atomic E-state index is 11.1. The van der Waals surface area contributed by atoms with E-state index < -0.39 is 5.43 Å². The molecule has 1 aliphatic carbocycles. The van der Waals surface area contributed by atoms with Crippen molar-refractivity contribution >= 4 is 0 Å². The summed E-state index contributed by atoms with van der Waals surface area (Å²) in [5, 5.41) is 9.40. The molecule has 68 valence electrons. The summed E-state index contributed by atoms with van der Waals surface area (Å²) >= 11 is 0. The number of ether oxygens (including phenoxy) is 1. The topological polar surface area (TPSA) is 46.5 Å². The lowest BCUT2D eigenvalue weighted by molar-refractivity contribution is 0.286. The molecule has 0 heterocycles. The molecule has 1 saturated carbocycles. The van der Waals surface area contributed by atoms with Gasteiger partial charge in [0.15, 0.2) is 5.75 Å². The fourth-order valence-electron chi connectivity index (χ4n) is 1.03. The molecule has 3 heteroatoms. The Labute approximate surface area is 75.6 Å². The first-order chi connectivity index (χ1) is 6.27. The molecule has 0 unspecified atom stereocenters. The van der Waals surface area contributed by atoms with E-state index in [1.807, 2.05) is 0 Å². The molecule has 0 radical (unpaired) electrons.